The first-order chi connectivity index (χ1) is 22.6. The maximum atomic E-state index is 13.1. The van der Waals surface area contributed by atoms with Crippen LogP contribution in [-0.2, 0) is 29.8 Å². The highest BCUT2D eigenvalue weighted by Crippen LogP contribution is 2.49. The molecule has 5 aromatic rings. The molecule has 47 heavy (non-hydrogen) atoms. The van der Waals surface area contributed by atoms with Crippen LogP contribution in [0.15, 0.2) is 42.6 Å². The van der Waals surface area contributed by atoms with Gasteiger partial charge in [-0.2, -0.15) is 18.3 Å². The third kappa shape index (κ3) is 5.65. The van der Waals surface area contributed by atoms with Crippen molar-refractivity contribution in [3.8, 4) is 23.0 Å². The summed E-state index contributed by atoms with van der Waals surface area (Å²) in [6.45, 7) is 5.33. The lowest BCUT2D eigenvalue weighted by molar-refractivity contribution is -0.144. The Balaban J connectivity index is 0.996. The van der Waals surface area contributed by atoms with Crippen LogP contribution in [0.1, 0.15) is 55.0 Å². The van der Waals surface area contributed by atoms with Gasteiger partial charge in [0.2, 0.25) is 11.6 Å². The van der Waals surface area contributed by atoms with Crippen LogP contribution in [0.5, 0.6) is 11.5 Å². The molecule has 244 valence electrons. The molecule has 16 heteroatoms. The van der Waals surface area contributed by atoms with Crippen molar-refractivity contribution in [1.82, 2.24) is 44.8 Å². The normalized spacial score (nSPS) is 21.8. The quantitative estimate of drug-likeness (QED) is 0.238. The number of nitrogens with one attached hydrogen (secondary N) is 1. The van der Waals surface area contributed by atoms with E-state index in [4.69, 9.17) is 30.8 Å². The zero-order chi connectivity index (χ0) is 32.3. The fraction of sp³-hybridized carbons (Fsp3) is 0.419. The lowest BCUT2D eigenvalue weighted by Crippen LogP contribution is -2.35. The van der Waals surface area contributed by atoms with Crippen LogP contribution in [0.2, 0.25) is 5.02 Å². The van der Waals surface area contributed by atoms with E-state index in [1.165, 1.54) is 0 Å². The number of imidazole rings is 1. The van der Waals surface area contributed by atoms with Crippen molar-refractivity contribution in [3.63, 3.8) is 0 Å². The molecule has 1 N–H and O–H groups in total. The molecule has 3 aliphatic heterocycles. The standard InChI is InChI=1S/C31H29ClF3N9O3/c1-30(24-6-5-18(32)14-36-24)46-23-4-2-3-20(26(23)47-30)17-7-10-43(11-8-17)16-25-37-22-13-21(27-38-29(42-40-27)31(33,34)35)39-41-28(22)44(25)15-19-9-12-45-19/h2-6,13-14,17,19H,7-12,15-16H2,1H3,(H,38,40,42)/t19-,30-/m0/s1. The lowest BCUT2D eigenvalue weighted by Gasteiger charge is -2.33. The first kappa shape index (κ1) is 30.0. The molecule has 0 aliphatic carbocycles. The van der Waals surface area contributed by atoms with Crippen molar-refractivity contribution in [2.45, 2.75) is 63.3 Å². The molecule has 0 amide bonds. The number of benzene rings is 1. The van der Waals surface area contributed by atoms with Gasteiger partial charge >= 0.3 is 6.18 Å². The van der Waals surface area contributed by atoms with E-state index in [9.17, 15) is 13.2 Å². The Hall–Kier alpha value is -4.34. The minimum Gasteiger partial charge on any atom is -0.443 e. The van der Waals surface area contributed by atoms with E-state index in [1.54, 1.807) is 24.4 Å². The number of aromatic amines is 1. The molecule has 12 nitrogen and oxygen atoms in total. The Morgan fingerprint density at radius 2 is 1.89 bits per heavy atom. The number of rotatable bonds is 7. The maximum absolute atomic E-state index is 13.1. The molecular weight excluding hydrogens is 639 g/mol. The molecule has 0 radical (unpaired) electrons. The third-order valence-electron chi connectivity index (χ3n) is 8.93. The van der Waals surface area contributed by atoms with Gasteiger partial charge in [-0.3, -0.25) is 15.0 Å². The van der Waals surface area contributed by atoms with Gasteiger partial charge in [-0.1, -0.05) is 23.7 Å². The largest absolute Gasteiger partial charge is 0.451 e. The van der Waals surface area contributed by atoms with E-state index in [-0.39, 0.29) is 23.5 Å². The van der Waals surface area contributed by atoms with Crippen LogP contribution < -0.4 is 9.47 Å². The fourth-order valence-corrected chi connectivity index (χ4v) is 6.46. The van der Waals surface area contributed by atoms with Crippen LogP contribution in [0.25, 0.3) is 22.7 Å². The average Bonchev–Trinajstić information content (AvgIpc) is 3.75. The number of pyridine rings is 1. The minimum atomic E-state index is -4.65. The van der Waals surface area contributed by atoms with Gasteiger partial charge in [-0.25, -0.2) is 9.97 Å². The van der Waals surface area contributed by atoms with E-state index in [2.05, 4.69) is 36.2 Å². The highest BCUT2D eigenvalue weighted by Gasteiger charge is 2.42. The van der Waals surface area contributed by atoms with Crippen LogP contribution in [0.4, 0.5) is 13.2 Å². The Kier molecular flexibility index (Phi) is 7.29. The Morgan fingerprint density at radius 1 is 1.06 bits per heavy atom. The second-order valence-corrected chi connectivity index (χ2v) is 12.5. The van der Waals surface area contributed by atoms with Gasteiger partial charge in [0.05, 0.1) is 24.2 Å². The predicted molar refractivity (Wildman–Crippen MR) is 162 cm³/mol. The third-order valence-corrected chi connectivity index (χ3v) is 9.15. The van der Waals surface area contributed by atoms with E-state index >= 15 is 0 Å². The van der Waals surface area contributed by atoms with Crippen LogP contribution in [-0.4, -0.2) is 70.6 Å². The number of alkyl halides is 3. The second kappa shape index (κ2) is 11.4. The van der Waals surface area contributed by atoms with Crippen molar-refractivity contribution >= 4 is 22.8 Å². The number of ether oxygens (including phenoxy) is 3. The van der Waals surface area contributed by atoms with Gasteiger partial charge in [0, 0.05) is 25.3 Å². The number of piperidine rings is 1. The van der Waals surface area contributed by atoms with E-state index in [1.807, 2.05) is 28.7 Å². The highest BCUT2D eigenvalue weighted by molar-refractivity contribution is 6.30. The molecule has 2 fully saturated rings. The van der Waals surface area contributed by atoms with Crippen LogP contribution in [0.3, 0.4) is 0 Å². The number of hydrogen-bond donors (Lipinski definition) is 1. The molecule has 8 rings (SSSR count). The molecule has 2 saturated heterocycles. The summed E-state index contributed by atoms with van der Waals surface area (Å²) in [6, 6.07) is 11.2. The predicted octanol–water partition coefficient (Wildman–Crippen LogP) is 5.49. The summed E-state index contributed by atoms with van der Waals surface area (Å²) in [6.07, 6.45) is -0.303. The van der Waals surface area contributed by atoms with E-state index in [0.717, 1.165) is 49.5 Å². The zero-order valence-electron chi connectivity index (χ0n) is 25.2. The van der Waals surface area contributed by atoms with Gasteiger partial charge in [0.1, 0.15) is 22.7 Å². The van der Waals surface area contributed by atoms with E-state index in [0.29, 0.717) is 47.3 Å². The fourth-order valence-electron chi connectivity index (χ4n) is 6.35. The maximum Gasteiger partial charge on any atom is 0.451 e. The monoisotopic (exact) mass is 667 g/mol. The van der Waals surface area contributed by atoms with Crippen molar-refractivity contribution in [2.24, 2.45) is 0 Å². The summed E-state index contributed by atoms with van der Waals surface area (Å²) >= 11 is 6.04. The summed E-state index contributed by atoms with van der Waals surface area (Å²) in [7, 11) is 0. The number of H-pyrrole nitrogens is 1. The van der Waals surface area contributed by atoms with Crippen molar-refractivity contribution in [3.05, 3.63) is 70.5 Å². The SMILES string of the molecule is C[C@]1(c2ccc(Cl)cn2)Oc2cccc(C3CCN(Cc4nc5cc(-c6n[nH]c(C(F)(F)F)n6)nnc5n4C[C@@H]4CCO4)CC3)c2O1. The van der Waals surface area contributed by atoms with Gasteiger partial charge < -0.3 is 18.8 Å². The van der Waals surface area contributed by atoms with Gasteiger partial charge in [0.15, 0.2) is 17.1 Å². The summed E-state index contributed by atoms with van der Waals surface area (Å²) in [5.74, 6) is 0.0477. The molecule has 1 aromatic carbocycles. The number of hydrogen-bond acceptors (Lipinski definition) is 10. The summed E-state index contributed by atoms with van der Waals surface area (Å²) in [5, 5.41) is 14.6. The summed E-state index contributed by atoms with van der Waals surface area (Å²) < 4.78 is 59.6. The van der Waals surface area contributed by atoms with Crippen LogP contribution in [0, 0.1) is 0 Å². The number of likely N-dealkylation sites (tertiary alicyclic amines) is 1. The smallest absolute Gasteiger partial charge is 0.443 e. The van der Waals surface area contributed by atoms with Crippen molar-refractivity contribution in [2.75, 3.05) is 19.7 Å². The molecule has 7 heterocycles. The van der Waals surface area contributed by atoms with Crippen molar-refractivity contribution < 1.29 is 27.4 Å². The minimum absolute atomic E-state index is 0.0388. The average molecular weight is 668 g/mol. The van der Waals surface area contributed by atoms with Crippen LogP contribution >= 0.6 is 11.6 Å². The Morgan fingerprint density at radius 3 is 2.60 bits per heavy atom. The number of halogens is 4. The first-order valence-electron chi connectivity index (χ1n) is 15.3. The van der Waals surface area contributed by atoms with Gasteiger partial charge in [-0.05, 0) is 62.5 Å². The Bertz CT molecular complexity index is 1940. The topological polar surface area (TPSA) is 129 Å². The van der Waals surface area contributed by atoms with Crippen molar-refractivity contribution in [1.29, 1.82) is 0 Å². The first-order valence-corrected chi connectivity index (χ1v) is 15.7. The number of para-hydroxylation sites is 1. The molecule has 2 atom stereocenters. The highest BCUT2D eigenvalue weighted by atomic mass is 35.5. The van der Waals surface area contributed by atoms with Gasteiger partial charge in [-0.15, -0.1) is 10.2 Å². The molecule has 0 unspecified atom stereocenters. The van der Waals surface area contributed by atoms with E-state index < -0.39 is 17.8 Å². The summed E-state index contributed by atoms with van der Waals surface area (Å²) in [5.41, 5.74) is 2.89. The molecule has 0 spiro atoms. The number of fused-ring (bicyclic) bond motifs is 2. The zero-order valence-corrected chi connectivity index (χ0v) is 25.9. The molecule has 4 aromatic heterocycles. The summed E-state index contributed by atoms with van der Waals surface area (Å²) in [4.78, 5) is 15.2. The number of aromatic nitrogens is 8. The molecular formula is C31H29ClF3N9O3. The number of nitrogens with zero attached hydrogens (tertiary/aromatic N) is 8. The lowest BCUT2D eigenvalue weighted by atomic mass is 9.88. The molecule has 0 saturated carbocycles. The molecule has 0 bridgehead atoms. The molecule has 3 aliphatic rings. The Labute approximate surface area is 271 Å². The second-order valence-electron chi connectivity index (χ2n) is 12.1. The van der Waals surface area contributed by atoms with Gasteiger partial charge in [0.25, 0.3) is 5.79 Å².